The predicted octanol–water partition coefficient (Wildman–Crippen LogP) is 3.41. The molecule has 1 aliphatic heterocycles. The minimum absolute atomic E-state index is 0.0433. The highest BCUT2D eigenvalue weighted by molar-refractivity contribution is 5.14. The lowest BCUT2D eigenvalue weighted by atomic mass is 9.87. The van der Waals surface area contributed by atoms with Crippen molar-refractivity contribution in [1.82, 2.24) is 0 Å². The van der Waals surface area contributed by atoms with E-state index >= 15 is 0 Å². The van der Waals surface area contributed by atoms with Gasteiger partial charge in [0.25, 0.3) is 0 Å². The fraction of sp³-hybridized carbons (Fsp3) is 0.600. The van der Waals surface area contributed by atoms with Crippen LogP contribution in [-0.4, -0.2) is 19.0 Å². The van der Waals surface area contributed by atoms with Crippen molar-refractivity contribution in [2.24, 2.45) is 5.41 Å². The van der Waals surface area contributed by atoms with Crippen molar-refractivity contribution in [3.63, 3.8) is 0 Å². The summed E-state index contributed by atoms with van der Waals surface area (Å²) in [7, 11) is 0. The van der Waals surface area contributed by atoms with Crippen LogP contribution >= 0.6 is 0 Å². The molecule has 0 saturated carbocycles. The molecule has 1 aliphatic rings. The summed E-state index contributed by atoms with van der Waals surface area (Å²) in [4.78, 5) is 0. The monoisotopic (exact) mass is 234 g/mol. The molecule has 17 heavy (non-hydrogen) atoms. The molecular formula is C15H22O2. The van der Waals surface area contributed by atoms with Crippen molar-refractivity contribution in [3.8, 4) is 0 Å². The predicted molar refractivity (Wildman–Crippen MR) is 68.8 cm³/mol. The molecule has 0 amide bonds. The molecule has 0 spiro atoms. The first-order chi connectivity index (χ1) is 8.08. The van der Waals surface area contributed by atoms with E-state index in [1.807, 2.05) is 6.07 Å². The third-order valence-corrected chi connectivity index (χ3v) is 3.61. The van der Waals surface area contributed by atoms with Crippen LogP contribution in [0.1, 0.15) is 32.8 Å². The van der Waals surface area contributed by atoms with Crippen molar-refractivity contribution in [2.75, 3.05) is 6.61 Å². The molecule has 94 valence electrons. The fourth-order valence-corrected chi connectivity index (χ4v) is 1.96. The fourth-order valence-electron chi connectivity index (χ4n) is 1.96. The third-order valence-electron chi connectivity index (χ3n) is 3.61. The molecule has 2 rings (SSSR count). The Morgan fingerprint density at radius 1 is 1.24 bits per heavy atom. The lowest BCUT2D eigenvalue weighted by molar-refractivity contribution is -0.255. The Kier molecular flexibility index (Phi) is 3.85. The SMILES string of the molecule is C[C@H]1O[C@H](CCc2ccccc2)OCC1(C)C. The van der Waals surface area contributed by atoms with E-state index in [-0.39, 0.29) is 17.8 Å². The molecule has 2 atom stereocenters. The van der Waals surface area contributed by atoms with E-state index in [2.05, 4.69) is 45.0 Å². The molecule has 1 fully saturated rings. The smallest absolute Gasteiger partial charge is 0.158 e. The van der Waals surface area contributed by atoms with Crippen LogP contribution in [0.2, 0.25) is 0 Å². The molecule has 1 saturated heterocycles. The number of rotatable bonds is 3. The first-order valence-corrected chi connectivity index (χ1v) is 6.39. The molecule has 2 heteroatoms. The van der Waals surface area contributed by atoms with Gasteiger partial charge in [-0.05, 0) is 18.9 Å². The Morgan fingerprint density at radius 3 is 2.59 bits per heavy atom. The van der Waals surface area contributed by atoms with E-state index in [1.165, 1.54) is 5.56 Å². The Morgan fingerprint density at radius 2 is 1.94 bits per heavy atom. The number of aryl methyl sites for hydroxylation is 1. The van der Waals surface area contributed by atoms with Gasteiger partial charge in [0.15, 0.2) is 6.29 Å². The summed E-state index contributed by atoms with van der Waals surface area (Å²) in [5.41, 5.74) is 1.47. The van der Waals surface area contributed by atoms with E-state index in [0.29, 0.717) is 0 Å². The molecule has 0 aliphatic carbocycles. The highest BCUT2D eigenvalue weighted by Gasteiger charge is 2.34. The van der Waals surface area contributed by atoms with Crippen LogP contribution in [0, 0.1) is 5.41 Å². The van der Waals surface area contributed by atoms with Crippen LogP contribution in [0.4, 0.5) is 0 Å². The van der Waals surface area contributed by atoms with Crippen LogP contribution in [0.5, 0.6) is 0 Å². The van der Waals surface area contributed by atoms with Crippen LogP contribution in [0.15, 0.2) is 30.3 Å². The summed E-state index contributed by atoms with van der Waals surface area (Å²) in [6.45, 7) is 7.29. The molecule has 0 aromatic heterocycles. The molecule has 1 aromatic rings. The highest BCUT2D eigenvalue weighted by Crippen LogP contribution is 2.30. The van der Waals surface area contributed by atoms with E-state index in [0.717, 1.165) is 19.4 Å². The molecule has 0 N–H and O–H groups in total. The standard InChI is InChI=1S/C15H22O2/c1-12-15(2,3)11-16-14(17-12)10-9-13-7-5-4-6-8-13/h4-8,12,14H,9-11H2,1-3H3/t12-,14-/m1/s1. The first kappa shape index (κ1) is 12.6. The summed E-state index contributed by atoms with van der Waals surface area (Å²) in [5.74, 6) is 0. The van der Waals surface area contributed by atoms with Crippen LogP contribution in [0.3, 0.4) is 0 Å². The summed E-state index contributed by atoms with van der Waals surface area (Å²) in [6.07, 6.45) is 2.17. The van der Waals surface area contributed by atoms with E-state index in [4.69, 9.17) is 9.47 Å². The summed E-state index contributed by atoms with van der Waals surface area (Å²) < 4.78 is 11.7. The Balaban J connectivity index is 1.82. The second kappa shape index (κ2) is 5.19. The normalized spacial score (nSPS) is 27.9. The van der Waals surface area contributed by atoms with Gasteiger partial charge in [-0.1, -0.05) is 44.2 Å². The topological polar surface area (TPSA) is 18.5 Å². The second-order valence-corrected chi connectivity index (χ2v) is 5.53. The first-order valence-electron chi connectivity index (χ1n) is 6.39. The van der Waals surface area contributed by atoms with Gasteiger partial charge in [-0.3, -0.25) is 0 Å². The summed E-state index contributed by atoms with van der Waals surface area (Å²) in [5, 5.41) is 0. The highest BCUT2D eigenvalue weighted by atomic mass is 16.7. The van der Waals surface area contributed by atoms with Gasteiger partial charge in [-0.25, -0.2) is 0 Å². The maximum absolute atomic E-state index is 5.90. The van der Waals surface area contributed by atoms with Gasteiger partial charge in [-0.2, -0.15) is 0 Å². The average Bonchev–Trinajstić information content (AvgIpc) is 2.32. The summed E-state index contributed by atoms with van der Waals surface area (Å²) >= 11 is 0. The van der Waals surface area contributed by atoms with Gasteiger partial charge in [0.2, 0.25) is 0 Å². The minimum Gasteiger partial charge on any atom is -0.352 e. The van der Waals surface area contributed by atoms with Crippen molar-refractivity contribution >= 4 is 0 Å². The van der Waals surface area contributed by atoms with Crippen molar-refractivity contribution in [3.05, 3.63) is 35.9 Å². The zero-order valence-corrected chi connectivity index (χ0v) is 11.0. The van der Waals surface area contributed by atoms with Gasteiger partial charge >= 0.3 is 0 Å². The van der Waals surface area contributed by atoms with Gasteiger partial charge < -0.3 is 9.47 Å². The molecule has 0 unspecified atom stereocenters. The third kappa shape index (κ3) is 3.30. The molecule has 1 heterocycles. The quantitative estimate of drug-likeness (QED) is 0.798. The second-order valence-electron chi connectivity index (χ2n) is 5.53. The lowest BCUT2D eigenvalue weighted by Gasteiger charge is -2.40. The number of benzene rings is 1. The molecule has 0 radical (unpaired) electrons. The molecular weight excluding hydrogens is 212 g/mol. The lowest BCUT2D eigenvalue weighted by Crippen LogP contribution is -2.44. The van der Waals surface area contributed by atoms with Crippen LogP contribution < -0.4 is 0 Å². The maximum Gasteiger partial charge on any atom is 0.158 e. The Labute approximate surface area is 104 Å². The van der Waals surface area contributed by atoms with Gasteiger partial charge in [0, 0.05) is 11.8 Å². The van der Waals surface area contributed by atoms with E-state index in [9.17, 15) is 0 Å². The molecule has 0 bridgehead atoms. The molecule has 1 aromatic carbocycles. The number of hydrogen-bond acceptors (Lipinski definition) is 2. The Hall–Kier alpha value is -0.860. The van der Waals surface area contributed by atoms with E-state index < -0.39 is 0 Å². The number of ether oxygens (including phenoxy) is 2. The minimum atomic E-state index is -0.0433. The van der Waals surface area contributed by atoms with Gasteiger partial charge in [-0.15, -0.1) is 0 Å². The molecule has 2 nitrogen and oxygen atoms in total. The summed E-state index contributed by atoms with van der Waals surface area (Å²) in [6, 6.07) is 10.5. The van der Waals surface area contributed by atoms with Gasteiger partial charge in [0.1, 0.15) is 0 Å². The zero-order valence-electron chi connectivity index (χ0n) is 11.0. The van der Waals surface area contributed by atoms with Crippen LogP contribution in [-0.2, 0) is 15.9 Å². The van der Waals surface area contributed by atoms with Gasteiger partial charge in [0.05, 0.1) is 12.7 Å². The van der Waals surface area contributed by atoms with E-state index in [1.54, 1.807) is 0 Å². The van der Waals surface area contributed by atoms with Crippen LogP contribution in [0.25, 0.3) is 0 Å². The zero-order chi connectivity index (χ0) is 12.3. The Bertz CT molecular complexity index is 345. The maximum atomic E-state index is 5.90. The average molecular weight is 234 g/mol. The van der Waals surface area contributed by atoms with Crippen molar-refractivity contribution < 1.29 is 9.47 Å². The van der Waals surface area contributed by atoms with Crippen molar-refractivity contribution in [1.29, 1.82) is 0 Å². The number of hydrogen-bond donors (Lipinski definition) is 0. The largest absolute Gasteiger partial charge is 0.352 e. The van der Waals surface area contributed by atoms with Crippen molar-refractivity contribution in [2.45, 2.75) is 46.0 Å².